The van der Waals surface area contributed by atoms with Gasteiger partial charge in [0, 0.05) is 11.6 Å². The smallest absolute Gasteiger partial charge is 0.126 e. The predicted molar refractivity (Wildman–Crippen MR) is 51.6 cm³/mol. The third kappa shape index (κ3) is 1.68. The van der Waals surface area contributed by atoms with Gasteiger partial charge < -0.3 is 0 Å². The van der Waals surface area contributed by atoms with Crippen LogP contribution in [0.3, 0.4) is 0 Å². The highest BCUT2D eigenvalue weighted by atomic mass is 79.9. The van der Waals surface area contributed by atoms with Gasteiger partial charge in [-0.25, -0.2) is 8.78 Å². The molecule has 1 aromatic heterocycles. The first kappa shape index (κ1) is 9.33. The van der Waals surface area contributed by atoms with E-state index in [9.17, 15) is 8.78 Å². The minimum Gasteiger partial charge on any atom is -0.277 e. The second-order valence-corrected chi connectivity index (χ2v) is 3.61. The third-order valence-corrected chi connectivity index (χ3v) is 2.35. The maximum atomic E-state index is 12.9. The maximum absolute atomic E-state index is 12.9. The van der Waals surface area contributed by atoms with Gasteiger partial charge in [-0.15, -0.1) is 0 Å². The van der Waals surface area contributed by atoms with Crippen molar-refractivity contribution in [2.24, 2.45) is 0 Å². The molecule has 0 aliphatic heterocycles. The molecule has 0 unspecified atom stereocenters. The van der Waals surface area contributed by atoms with Crippen LogP contribution in [0.2, 0.25) is 0 Å². The molecular formula is C9H5BrF2N2. The Kier molecular flexibility index (Phi) is 2.33. The van der Waals surface area contributed by atoms with Gasteiger partial charge in [-0.1, -0.05) is 0 Å². The Morgan fingerprint density at radius 1 is 1.14 bits per heavy atom. The second-order valence-electron chi connectivity index (χ2n) is 2.75. The number of rotatable bonds is 1. The second kappa shape index (κ2) is 3.49. The van der Waals surface area contributed by atoms with Crippen LogP contribution in [0, 0.1) is 11.6 Å². The molecule has 1 aromatic carbocycles. The molecule has 1 heterocycles. The predicted octanol–water partition coefficient (Wildman–Crippen LogP) is 3.12. The summed E-state index contributed by atoms with van der Waals surface area (Å²) in [4.78, 5) is 0. The summed E-state index contributed by atoms with van der Waals surface area (Å²) in [6.45, 7) is 0. The Morgan fingerprint density at radius 2 is 1.79 bits per heavy atom. The van der Waals surface area contributed by atoms with Gasteiger partial charge in [-0.05, 0) is 28.1 Å². The number of nitrogens with one attached hydrogen (secondary N) is 1. The third-order valence-electron chi connectivity index (χ3n) is 1.74. The molecule has 1 N–H and O–H groups in total. The molecular weight excluding hydrogens is 254 g/mol. The van der Waals surface area contributed by atoms with Crippen molar-refractivity contribution >= 4 is 15.9 Å². The molecule has 0 saturated carbocycles. The van der Waals surface area contributed by atoms with Crippen molar-refractivity contribution in [3.63, 3.8) is 0 Å². The fourth-order valence-electron chi connectivity index (χ4n) is 1.17. The quantitative estimate of drug-likeness (QED) is 0.837. The Hall–Kier alpha value is -1.23. The molecule has 2 aromatic rings. The van der Waals surface area contributed by atoms with Crippen molar-refractivity contribution in [1.82, 2.24) is 10.2 Å². The molecule has 2 nitrogen and oxygen atoms in total. The van der Waals surface area contributed by atoms with Gasteiger partial charge in [-0.2, -0.15) is 5.10 Å². The van der Waals surface area contributed by atoms with Gasteiger partial charge in [0.15, 0.2) is 0 Å². The van der Waals surface area contributed by atoms with Crippen LogP contribution in [-0.2, 0) is 0 Å². The Morgan fingerprint density at radius 3 is 2.29 bits per heavy atom. The summed E-state index contributed by atoms with van der Waals surface area (Å²) >= 11 is 3.21. The standard InChI is InChI=1S/C9H5BrF2N2/c10-8-4-13-14-9(8)5-1-6(11)3-7(12)2-5/h1-4H,(H,13,14). The molecule has 14 heavy (non-hydrogen) atoms. The van der Waals surface area contributed by atoms with E-state index in [4.69, 9.17) is 0 Å². The van der Waals surface area contributed by atoms with Crippen LogP contribution >= 0.6 is 15.9 Å². The van der Waals surface area contributed by atoms with E-state index in [0.717, 1.165) is 6.07 Å². The molecule has 2 rings (SSSR count). The highest BCUT2D eigenvalue weighted by Gasteiger charge is 2.07. The maximum Gasteiger partial charge on any atom is 0.126 e. The average molecular weight is 259 g/mol. The number of hydrogen-bond donors (Lipinski definition) is 1. The van der Waals surface area contributed by atoms with Crippen molar-refractivity contribution in [1.29, 1.82) is 0 Å². The molecule has 0 amide bonds. The fourth-order valence-corrected chi connectivity index (χ4v) is 1.59. The van der Waals surface area contributed by atoms with Crippen LogP contribution in [0.1, 0.15) is 0 Å². The number of aromatic amines is 1. The van der Waals surface area contributed by atoms with E-state index in [0.29, 0.717) is 15.7 Å². The first-order chi connectivity index (χ1) is 6.66. The Labute approximate surface area is 87.1 Å². The number of nitrogens with zero attached hydrogens (tertiary/aromatic N) is 1. The zero-order valence-corrected chi connectivity index (χ0v) is 8.48. The summed E-state index contributed by atoms with van der Waals surface area (Å²) in [6, 6.07) is 3.30. The molecule has 0 spiro atoms. The lowest BCUT2D eigenvalue weighted by molar-refractivity contribution is 0.584. The number of halogens is 3. The molecule has 0 fully saturated rings. The van der Waals surface area contributed by atoms with Crippen LogP contribution in [0.5, 0.6) is 0 Å². The van der Waals surface area contributed by atoms with E-state index < -0.39 is 11.6 Å². The molecule has 72 valence electrons. The minimum atomic E-state index is -0.610. The fraction of sp³-hybridized carbons (Fsp3) is 0. The lowest BCUT2D eigenvalue weighted by Crippen LogP contribution is -1.84. The van der Waals surface area contributed by atoms with Gasteiger partial charge in [0.25, 0.3) is 0 Å². The molecule has 0 saturated heterocycles. The molecule has 0 aliphatic carbocycles. The molecule has 0 atom stereocenters. The van der Waals surface area contributed by atoms with Crippen LogP contribution in [-0.4, -0.2) is 10.2 Å². The monoisotopic (exact) mass is 258 g/mol. The summed E-state index contributed by atoms with van der Waals surface area (Å²) in [6.07, 6.45) is 1.53. The largest absolute Gasteiger partial charge is 0.277 e. The highest BCUT2D eigenvalue weighted by Crippen LogP contribution is 2.26. The first-order valence-electron chi connectivity index (χ1n) is 3.82. The number of H-pyrrole nitrogens is 1. The van der Waals surface area contributed by atoms with E-state index in [1.807, 2.05) is 0 Å². The van der Waals surface area contributed by atoms with Gasteiger partial charge in [-0.3, -0.25) is 5.10 Å². The molecule has 0 radical (unpaired) electrons. The summed E-state index contributed by atoms with van der Waals surface area (Å²) in [5.74, 6) is -1.22. The van der Waals surface area contributed by atoms with Crippen molar-refractivity contribution in [3.8, 4) is 11.3 Å². The molecule has 5 heteroatoms. The number of aromatic nitrogens is 2. The molecule has 0 aliphatic rings. The Balaban J connectivity index is 2.57. The topological polar surface area (TPSA) is 28.7 Å². The first-order valence-corrected chi connectivity index (χ1v) is 4.61. The highest BCUT2D eigenvalue weighted by molar-refractivity contribution is 9.10. The average Bonchev–Trinajstić information content (AvgIpc) is 2.49. The van der Waals surface area contributed by atoms with E-state index in [1.165, 1.54) is 18.3 Å². The van der Waals surface area contributed by atoms with Crippen LogP contribution < -0.4 is 0 Å². The van der Waals surface area contributed by atoms with E-state index in [2.05, 4.69) is 26.1 Å². The van der Waals surface area contributed by atoms with Crippen molar-refractivity contribution in [2.45, 2.75) is 0 Å². The zero-order chi connectivity index (χ0) is 10.1. The van der Waals surface area contributed by atoms with Gasteiger partial charge in [0.1, 0.15) is 11.6 Å². The van der Waals surface area contributed by atoms with Crippen LogP contribution in [0.25, 0.3) is 11.3 Å². The van der Waals surface area contributed by atoms with Crippen molar-refractivity contribution < 1.29 is 8.78 Å². The zero-order valence-electron chi connectivity index (χ0n) is 6.89. The van der Waals surface area contributed by atoms with Crippen molar-refractivity contribution in [2.75, 3.05) is 0 Å². The SMILES string of the molecule is Fc1cc(F)cc(-c2[nH]ncc2Br)c1. The number of hydrogen-bond acceptors (Lipinski definition) is 1. The summed E-state index contributed by atoms with van der Waals surface area (Å²) in [5, 5.41) is 6.39. The van der Waals surface area contributed by atoms with E-state index in [-0.39, 0.29) is 0 Å². The Bertz CT molecular complexity index is 447. The summed E-state index contributed by atoms with van der Waals surface area (Å²) < 4.78 is 26.4. The lowest BCUT2D eigenvalue weighted by Gasteiger charge is -1.99. The van der Waals surface area contributed by atoms with E-state index in [1.54, 1.807) is 0 Å². The summed E-state index contributed by atoms with van der Waals surface area (Å²) in [5.41, 5.74) is 0.982. The molecule has 0 bridgehead atoms. The van der Waals surface area contributed by atoms with E-state index >= 15 is 0 Å². The summed E-state index contributed by atoms with van der Waals surface area (Å²) in [7, 11) is 0. The lowest BCUT2D eigenvalue weighted by atomic mass is 10.1. The number of benzene rings is 1. The van der Waals surface area contributed by atoms with Gasteiger partial charge in [0.05, 0.1) is 16.4 Å². The van der Waals surface area contributed by atoms with Crippen LogP contribution in [0.4, 0.5) is 8.78 Å². The minimum absolute atomic E-state index is 0.423. The van der Waals surface area contributed by atoms with Gasteiger partial charge >= 0.3 is 0 Å². The normalized spacial score (nSPS) is 10.5. The van der Waals surface area contributed by atoms with Crippen molar-refractivity contribution in [3.05, 3.63) is 40.5 Å². The van der Waals surface area contributed by atoms with Gasteiger partial charge in [0.2, 0.25) is 0 Å². The van der Waals surface area contributed by atoms with Crippen LogP contribution in [0.15, 0.2) is 28.9 Å².